The Kier molecular flexibility index (Phi) is 5.52. The Morgan fingerprint density at radius 1 is 0.939 bits per heavy atom. The summed E-state index contributed by atoms with van der Waals surface area (Å²) in [7, 11) is -3.91. The summed E-state index contributed by atoms with van der Waals surface area (Å²) in [5.41, 5.74) is 1.53. The molecule has 1 saturated carbocycles. The molecular formula is C24H26N2O6S. The molecular weight excluding hydrogens is 444 g/mol. The Labute approximate surface area is 192 Å². The average Bonchev–Trinajstić information content (AvgIpc) is 3.05. The number of likely N-dealkylation sites (tertiary alicyclic amines) is 1. The maximum absolute atomic E-state index is 13.2. The standard InChI is InChI=1S/C24H26N2O6S/c1-15-6-7-16(14-26-23(27)18-4-2-3-5-19(18)24(26)28)12-22(15)33(29,30)25-17-8-9-20-21(13-17)32-11-10-31-20/h6-9,12-13,18-19,25H,2-5,10-11,14H2,1H3. The molecule has 5 rings (SSSR count). The third-order valence-corrected chi connectivity index (χ3v) is 8.13. The van der Waals surface area contributed by atoms with Crippen molar-refractivity contribution in [1.29, 1.82) is 0 Å². The number of hydrogen-bond donors (Lipinski definition) is 1. The van der Waals surface area contributed by atoms with E-state index in [1.165, 1.54) is 11.0 Å². The molecule has 2 aliphatic heterocycles. The molecule has 174 valence electrons. The van der Waals surface area contributed by atoms with E-state index < -0.39 is 10.0 Å². The predicted molar refractivity (Wildman–Crippen MR) is 120 cm³/mol. The molecule has 2 amide bonds. The van der Waals surface area contributed by atoms with Crippen molar-refractivity contribution in [2.75, 3.05) is 17.9 Å². The highest BCUT2D eigenvalue weighted by atomic mass is 32.2. The number of anilines is 1. The molecule has 2 aromatic rings. The fraction of sp³-hybridized carbons (Fsp3) is 0.417. The molecule has 1 aliphatic carbocycles. The lowest BCUT2D eigenvalue weighted by Gasteiger charge is -2.19. The Morgan fingerprint density at radius 3 is 2.30 bits per heavy atom. The van der Waals surface area contributed by atoms with E-state index in [0.717, 1.165) is 25.7 Å². The van der Waals surface area contributed by atoms with Crippen LogP contribution in [0.3, 0.4) is 0 Å². The van der Waals surface area contributed by atoms with Gasteiger partial charge >= 0.3 is 0 Å². The van der Waals surface area contributed by atoms with Gasteiger partial charge in [0.2, 0.25) is 11.8 Å². The number of hydrogen-bond acceptors (Lipinski definition) is 6. The topological polar surface area (TPSA) is 102 Å². The molecule has 2 heterocycles. The first-order valence-electron chi connectivity index (χ1n) is 11.2. The number of nitrogens with zero attached hydrogens (tertiary/aromatic N) is 1. The van der Waals surface area contributed by atoms with Crippen LogP contribution in [0.5, 0.6) is 11.5 Å². The van der Waals surface area contributed by atoms with Crippen molar-refractivity contribution in [3.8, 4) is 11.5 Å². The third kappa shape index (κ3) is 4.06. The minimum Gasteiger partial charge on any atom is -0.486 e. The minimum atomic E-state index is -3.91. The summed E-state index contributed by atoms with van der Waals surface area (Å²) in [4.78, 5) is 27.0. The van der Waals surface area contributed by atoms with Gasteiger partial charge in [0.1, 0.15) is 13.2 Å². The summed E-state index contributed by atoms with van der Waals surface area (Å²) >= 11 is 0. The molecule has 8 nitrogen and oxygen atoms in total. The number of imide groups is 1. The number of carbonyl (C=O) groups excluding carboxylic acids is 2. The fourth-order valence-corrected chi connectivity index (χ4v) is 6.26. The Hall–Kier alpha value is -3.07. The van der Waals surface area contributed by atoms with Crippen molar-refractivity contribution in [3.63, 3.8) is 0 Å². The lowest BCUT2D eigenvalue weighted by molar-refractivity contribution is -0.140. The van der Waals surface area contributed by atoms with Gasteiger partial charge in [0.25, 0.3) is 10.0 Å². The first kappa shape index (κ1) is 21.8. The average molecular weight is 471 g/mol. The van der Waals surface area contributed by atoms with E-state index in [1.54, 1.807) is 37.3 Å². The van der Waals surface area contributed by atoms with Crippen LogP contribution < -0.4 is 14.2 Å². The first-order chi connectivity index (χ1) is 15.8. The molecule has 3 aliphatic rings. The number of fused-ring (bicyclic) bond motifs is 2. The van der Waals surface area contributed by atoms with Crippen LogP contribution in [0.25, 0.3) is 0 Å². The van der Waals surface area contributed by atoms with Gasteiger partial charge in [-0.1, -0.05) is 25.0 Å². The van der Waals surface area contributed by atoms with Gasteiger partial charge < -0.3 is 9.47 Å². The molecule has 2 aromatic carbocycles. The number of carbonyl (C=O) groups is 2. The number of aryl methyl sites for hydroxylation is 1. The van der Waals surface area contributed by atoms with Gasteiger partial charge in [-0.05, 0) is 49.1 Å². The van der Waals surface area contributed by atoms with Gasteiger partial charge in [0.05, 0.1) is 29.0 Å². The Morgan fingerprint density at radius 2 is 1.61 bits per heavy atom. The van der Waals surface area contributed by atoms with Gasteiger partial charge in [-0.15, -0.1) is 0 Å². The molecule has 0 spiro atoms. The summed E-state index contributed by atoms with van der Waals surface area (Å²) in [5, 5.41) is 0. The zero-order chi connectivity index (χ0) is 23.2. The predicted octanol–water partition coefficient (Wildman–Crippen LogP) is 3.24. The molecule has 0 bridgehead atoms. The van der Waals surface area contributed by atoms with Crippen LogP contribution in [0.15, 0.2) is 41.3 Å². The highest BCUT2D eigenvalue weighted by Gasteiger charge is 2.47. The fourth-order valence-electron chi connectivity index (χ4n) is 4.92. The van der Waals surface area contributed by atoms with E-state index in [9.17, 15) is 18.0 Å². The first-order valence-corrected chi connectivity index (χ1v) is 12.7. The van der Waals surface area contributed by atoms with Crippen LogP contribution in [0, 0.1) is 18.8 Å². The molecule has 2 fully saturated rings. The maximum atomic E-state index is 13.2. The van der Waals surface area contributed by atoms with Crippen molar-refractivity contribution < 1.29 is 27.5 Å². The van der Waals surface area contributed by atoms with E-state index in [4.69, 9.17) is 9.47 Å². The maximum Gasteiger partial charge on any atom is 0.262 e. The normalized spacial score (nSPS) is 22.3. The molecule has 2 unspecified atom stereocenters. The summed E-state index contributed by atoms with van der Waals surface area (Å²) in [6.45, 7) is 2.65. The second-order valence-electron chi connectivity index (χ2n) is 8.82. The summed E-state index contributed by atoms with van der Waals surface area (Å²) in [6.07, 6.45) is 3.43. The molecule has 2 atom stereocenters. The third-order valence-electron chi connectivity index (χ3n) is 6.61. The molecule has 0 aromatic heterocycles. The van der Waals surface area contributed by atoms with Crippen LogP contribution >= 0.6 is 0 Å². The number of ether oxygens (including phenoxy) is 2. The SMILES string of the molecule is Cc1ccc(CN2C(=O)C3CCCCC3C2=O)cc1S(=O)(=O)Nc1ccc2c(c1)OCCO2. The molecule has 1 N–H and O–H groups in total. The van der Waals surface area contributed by atoms with Crippen LogP contribution in [0.2, 0.25) is 0 Å². The monoisotopic (exact) mass is 470 g/mol. The van der Waals surface area contributed by atoms with Gasteiger partial charge in [0, 0.05) is 6.07 Å². The van der Waals surface area contributed by atoms with E-state index in [2.05, 4.69) is 4.72 Å². The summed E-state index contributed by atoms with van der Waals surface area (Å²) in [6, 6.07) is 9.88. The van der Waals surface area contributed by atoms with Gasteiger partial charge in [-0.2, -0.15) is 0 Å². The largest absolute Gasteiger partial charge is 0.486 e. The van der Waals surface area contributed by atoms with Crippen molar-refractivity contribution in [3.05, 3.63) is 47.5 Å². The van der Waals surface area contributed by atoms with Crippen molar-refractivity contribution >= 4 is 27.5 Å². The molecule has 33 heavy (non-hydrogen) atoms. The zero-order valence-electron chi connectivity index (χ0n) is 18.4. The van der Waals surface area contributed by atoms with Crippen LogP contribution in [-0.4, -0.2) is 38.3 Å². The Balaban J connectivity index is 1.38. The van der Waals surface area contributed by atoms with Crippen LogP contribution in [0.1, 0.15) is 36.8 Å². The number of benzene rings is 2. The second kappa shape index (κ2) is 8.37. The molecule has 0 radical (unpaired) electrons. The highest BCUT2D eigenvalue weighted by Crippen LogP contribution is 2.39. The number of rotatable bonds is 5. The number of nitrogens with one attached hydrogen (secondary N) is 1. The van der Waals surface area contributed by atoms with E-state index in [1.807, 2.05) is 0 Å². The molecule has 1 saturated heterocycles. The van der Waals surface area contributed by atoms with Gasteiger partial charge in [0.15, 0.2) is 11.5 Å². The Bertz CT molecular complexity index is 1200. The second-order valence-corrected chi connectivity index (χ2v) is 10.5. The lowest BCUT2D eigenvalue weighted by atomic mass is 9.81. The quantitative estimate of drug-likeness (QED) is 0.673. The zero-order valence-corrected chi connectivity index (χ0v) is 19.2. The van der Waals surface area contributed by atoms with Crippen LogP contribution in [-0.2, 0) is 26.2 Å². The lowest BCUT2D eigenvalue weighted by Crippen LogP contribution is -2.30. The van der Waals surface area contributed by atoms with Crippen molar-refractivity contribution in [2.45, 2.75) is 44.0 Å². The van der Waals surface area contributed by atoms with Gasteiger partial charge in [-0.3, -0.25) is 19.2 Å². The minimum absolute atomic E-state index is 0.0808. The highest BCUT2D eigenvalue weighted by molar-refractivity contribution is 7.92. The summed E-state index contributed by atoms with van der Waals surface area (Å²) < 4.78 is 40.0. The van der Waals surface area contributed by atoms with E-state index in [-0.39, 0.29) is 35.1 Å². The van der Waals surface area contributed by atoms with Gasteiger partial charge in [-0.25, -0.2) is 8.42 Å². The van der Waals surface area contributed by atoms with Crippen molar-refractivity contribution in [2.24, 2.45) is 11.8 Å². The van der Waals surface area contributed by atoms with E-state index >= 15 is 0 Å². The smallest absolute Gasteiger partial charge is 0.262 e. The van der Waals surface area contributed by atoms with E-state index in [0.29, 0.717) is 41.5 Å². The summed E-state index contributed by atoms with van der Waals surface area (Å²) in [5.74, 6) is 0.337. The number of sulfonamides is 1. The number of amides is 2. The van der Waals surface area contributed by atoms with Crippen LogP contribution in [0.4, 0.5) is 5.69 Å². The van der Waals surface area contributed by atoms with Crippen molar-refractivity contribution in [1.82, 2.24) is 4.90 Å². The molecule has 9 heteroatoms.